The van der Waals surface area contributed by atoms with Gasteiger partial charge in [0, 0.05) is 6.26 Å². The van der Waals surface area contributed by atoms with Crippen LogP contribution in [-0.2, 0) is 9.84 Å². The highest BCUT2D eigenvalue weighted by molar-refractivity contribution is 14.1. The topological polar surface area (TPSA) is 85.9 Å². The number of nitrogens with zero attached hydrogens (tertiary/aromatic N) is 2. The van der Waals surface area contributed by atoms with Crippen molar-refractivity contribution in [3.05, 3.63) is 9.26 Å². The Hall–Kier alpha value is -0.440. The smallest absolute Gasteiger partial charge is 0.249 e. The molecule has 1 heterocycles. The van der Waals surface area contributed by atoms with E-state index in [9.17, 15) is 8.42 Å². The third-order valence-corrected chi connectivity index (χ3v) is 3.53. The molecule has 0 unspecified atom stereocenters. The largest absolute Gasteiger partial charge is 0.383 e. The summed E-state index contributed by atoms with van der Waals surface area (Å²) in [6.45, 7) is 1.69. The zero-order valence-electron chi connectivity index (χ0n) is 7.07. The third-order valence-electron chi connectivity index (χ3n) is 1.35. The number of nitrogens with two attached hydrogens (primary N) is 1. The molecule has 0 amide bonds. The fraction of sp³-hybridized carbons (Fsp3) is 0.333. The standard InChI is InChI=1S/C6H8IN3O2S/c1-3-4(7)5(8)10-6(9-3)13(2,11)12/h1-2H3,(H2,8,9,10). The summed E-state index contributed by atoms with van der Waals surface area (Å²) in [6.07, 6.45) is 1.05. The molecular formula is C6H8IN3O2S. The second kappa shape index (κ2) is 3.37. The maximum Gasteiger partial charge on any atom is 0.249 e. The minimum absolute atomic E-state index is 0.202. The van der Waals surface area contributed by atoms with E-state index in [2.05, 4.69) is 9.97 Å². The Labute approximate surface area is 89.8 Å². The van der Waals surface area contributed by atoms with E-state index >= 15 is 0 Å². The summed E-state index contributed by atoms with van der Waals surface area (Å²) in [7, 11) is -3.37. The molecule has 5 nitrogen and oxygen atoms in total. The van der Waals surface area contributed by atoms with Gasteiger partial charge >= 0.3 is 0 Å². The first-order valence-corrected chi connectivity index (χ1v) is 6.29. The van der Waals surface area contributed by atoms with Crippen molar-refractivity contribution in [1.29, 1.82) is 0 Å². The average molecular weight is 313 g/mol. The summed E-state index contributed by atoms with van der Waals surface area (Å²) in [4.78, 5) is 7.49. The van der Waals surface area contributed by atoms with Crippen molar-refractivity contribution >= 4 is 38.2 Å². The Bertz CT molecular complexity index is 420. The van der Waals surface area contributed by atoms with Crippen LogP contribution in [-0.4, -0.2) is 24.6 Å². The number of hydrogen-bond donors (Lipinski definition) is 1. The minimum Gasteiger partial charge on any atom is -0.383 e. The maximum atomic E-state index is 11.1. The number of halogens is 1. The van der Waals surface area contributed by atoms with Gasteiger partial charge in [-0.25, -0.2) is 18.4 Å². The van der Waals surface area contributed by atoms with Crippen LogP contribution in [0.25, 0.3) is 0 Å². The normalized spacial score (nSPS) is 11.6. The van der Waals surface area contributed by atoms with Crippen LogP contribution in [0.5, 0.6) is 0 Å². The highest BCUT2D eigenvalue weighted by Gasteiger charge is 2.14. The van der Waals surface area contributed by atoms with E-state index in [1.54, 1.807) is 6.92 Å². The fourth-order valence-corrected chi connectivity index (χ4v) is 1.53. The van der Waals surface area contributed by atoms with Crippen molar-refractivity contribution in [2.24, 2.45) is 0 Å². The molecule has 0 aliphatic rings. The number of aryl methyl sites for hydroxylation is 1. The number of rotatable bonds is 1. The van der Waals surface area contributed by atoms with E-state index in [4.69, 9.17) is 5.73 Å². The zero-order valence-corrected chi connectivity index (χ0v) is 10.0. The molecular weight excluding hydrogens is 305 g/mol. The molecule has 1 aromatic heterocycles. The van der Waals surface area contributed by atoms with Gasteiger partial charge < -0.3 is 5.73 Å². The molecule has 1 rings (SSSR count). The van der Waals surface area contributed by atoms with Crippen LogP contribution in [0.1, 0.15) is 5.69 Å². The monoisotopic (exact) mass is 313 g/mol. The quantitative estimate of drug-likeness (QED) is 0.598. The average Bonchev–Trinajstić information content (AvgIpc) is 1.97. The first kappa shape index (κ1) is 10.6. The van der Waals surface area contributed by atoms with Crippen LogP contribution in [0.2, 0.25) is 0 Å². The highest BCUT2D eigenvalue weighted by Crippen LogP contribution is 2.16. The molecule has 72 valence electrons. The van der Waals surface area contributed by atoms with Crippen molar-refractivity contribution in [2.75, 3.05) is 12.0 Å². The van der Waals surface area contributed by atoms with E-state index in [0.717, 1.165) is 6.26 Å². The number of hydrogen-bond acceptors (Lipinski definition) is 5. The molecule has 0 atom stereocenters. The molecule has 0 aromatic carbocycles. The fourth-order valence-electron chi connectivity index (χ4n) is 0.721. The summed E-state index contributed by atoms with van der Waals surface area (Å²) in [5, 5.41) is -0.220. The Kier molecular flexibility index (Phi) is 2.76. The Morgan fingerprint density at radius 3 is 2.31 bits per heavy atom. The molecule has 0 radical (unpaired) electrons. The Morgan fingerprint density at radius 2 is 1.92 bits per heavy atom. The molecule has 0 spiro atoms. The van der Waals surface area contributed by atoms with Crippen molar-refractivity contribution in [3.8, 4) is 0 Å². The van der Waals surface area contributed by atoms with Gasteiger partial charge in [0.15, 0.2) is 0 Å². The van der Waals surface area contributed by atoms with Crippen LogP contribution >= 0.6 is 22.6 Å². The summed E-state index contributed by atoms with van der Waals surface area (Å²) in [5.41, 5.74) is 6.07. The summed E-state index contributed by atoms with van der Waals surface area (Å²) >= 11 is 1.97. The molecule has 7 heteroatoms. The molecule has 0 saturated heterocycles. The van der Waals surface area contributed by atoms with Crippen molar-refractivity contribution < 1.29 is 8.42 Å². The van der Waals surface area contributed by atoms with E-state index in [1.165, 1.54) is 0 Å². The minimum atomic E-state index is -3.37. The Balaban J connectivity index is 3.47. The third kappa shape index (κ3) is 2.27. The SMILES string of the molecule is Cc1nc(S(C)(=O)=O)nc(N)c1I. The van der Waals surface area contributed by atoms with Gasteiger partial charge in [-0.05, 0) is 29.5 Å². The number of sulfone groups is 1. The van der Waals surface area contributed by atoms with Gasteiger partial charge in [0.2, 0.25) is 15.0 Å². The predicted octanol–water partition coefficient (Wildman–Crippen LogP) is 0.375. The molecule has 0 aliphatic heterocycles. The molecule has 0 saturated carbocycles. The van der Waals surface area contributed by atoms with Crippen LogP contribution in [0.3, 0.4) is 0 Å². The summed E-state index contributed by atoms with van der Waals surface area (Å²) in [5.74, 6) is 0.202. The highest BCUT2D eigenvalue weighted by atomic mass is 127. The first-order chi connectivity index (χ1) is 5.82. The second-order valence-corrected chi connectivity index (χ2v) is 5.55. The van der Waals surface area contributed by atoms with Crippen LogP contribution in [0.4, 0.5) is 5.82 Å². The number of anilines is 1. The Morgan fingerprint density at radius 1 is 1.38 bits per heavy atom. The van der Waals surface area contributed by atoms with Gasteiger partial charge in [-0.1, -0.05) is 0 Å². The zero-order chi connectivity index (χ0) is 10.2. The van der Waals surface area contributed by atoms with E-state index in [0.29, 0.717) is 9.26 Å². The maximum absolute atomic E-state index is 11.1. The van der Waals surface area contributed by atoms with Gasteiger partial charge in [-0.2, -0.15) is 0 Å². The lowest BCUT2D eigenvalue weighted by atomic mass is 10.4. The predicted molar refractivity (Wildman–Crippen MR) is 57.0 cm³/mol. The summed E-state index contributed by atoms with van der Waals surface area (Å²) < 4.78 is 22.8. The van der Waals surface area contributed by atoms with E-state index < -0.39 is 9.84 Å². The molecule has 0 bridgehead atoms. The molecule has 2 N–H and O–H groups in total. The van der Waals surface area contributed by atoms with Gasteiger partial charge in [0.1, 0.15) is 5.82 Å². The van der Waals surface area contributed by atoms with E-state index in [-0.39, 0.29) is 11.0 Å². The van der Waals surface area contributed by atoms with Gasteiger partial charge in [0.25, 0.3) is 0 Å². The van der Waals surface area contributed by atoms with Crippen LogP contribution < -0.4 is 5.73 Å². The van der Waals surface area contributed by atoms with Gasteiger partial charge in [-0.3, -0.25) is 0 Å². The first-order valence-electron chi connectivity index (χ1n) is 3.32. The van der Waals surface area contributed by atoms with Crippen molar-refractivity contribution in [3.63, 3.8) is 0 Å². The lowest BCUT2D eigenvalue weighted by Gasteiger charge is -2.03. The lowest BCUT2D eigenvalue weighted by Crippen LogP contribution is -2.09. The molecule has 13 heavy (non-hydrogen) atoms. The van der Waals surface area contributed by atoms with Gasteiger partial charge in [0.05, 0.1) is 9.26 Å². The van der Waals surface area contributed by atoms with Gasteiger partial charge in [-0.15, -0.1) is 0 Å². The molecule has 0 fully saturated rings. The second-order valence-electron chi connectivity index (χ2n) is 2.56. The lowest BCUT2D eigenvalue weighted by molar-refractivity contribution is 0.592. The van der Waals surface area contributed by atoms with Crippen LogP contribution in [0, 0.1) is 10.5 Å². The van der Waals surface area contributed by atoms with Crippen LogP contribution in [0.15, 0.2) is 5.16 Å². The number of nitrogen functional groups attached to an aromatic ring is 1. The molecule has 1 aromatic rings. The summed E-state index contributed by atoms with van der Waals surface area (Å²) in [6, 6.07) is 0. The van der Waals surface area contributed by atoms with E-state index in [1.807, 2.05) is 22.6 Å². The van der Waals surface area contributed by atoms with Crippen molar-refractivity contribution in [2.45, 2.75) is 12.1 Å². The molecule has 0 aliphatic carbocycles. The van der Waals surface area contributed by atoms with Crippen molar-refractivity contribution in [1.82, 2.24) is 9.97 Å². The number of aromatic nitrogens is 2.